The Labute approximate surface area is 218 Å². The van der Waals surface area contributed by atoms with Gasteiger partial charge in [0.1, 0.15) is 6.10 Å². The van der Waals surface area contributed by atoms with E-state index in [1.165, 1.54) is 31.3 Å². The van der Waals surface area contributed by atoms with E-state index in [2.05, 4.69) is 51.7 Å². The monoisotopic (exact) mass is 496 g/mol. The first-order valence-corrected chi connectivity index (χ1v) is 14.6. The summed E-state index contributed by atoms with van der Waals surface area (Å²) in [5.74, 6) is 2.13. The molecule has 2 N–H and O–H groups in total. The first-order valence-electron chi connectivity index (χ1n) is 14.6. The quantitative estimate of drug-likeness (QED) is 0.271. The summed E-state index contributed by atoms with van der Waals surface area (Å²) in [5.41, 5.74) is 3.56. The summed E-state index contributed by atoms with van der Waals surface area (Å²) in [6.45, 7) is 11.0. The third-order valence-corrected chi connectivity index (χ3v) is 9.63. The number of carbonyl (C=O) groups is 1. The second kappa shape index (κ2) is 11.8. The van der Waals surface area contributed by atoms with Gasteiger partial charge in [-0.3, -0.25) is 4.79 Å². The fraction of sp³-hybridized carbons (Fsp3) is 0.719. The van der Waals surface area contributed by atoms with Crippen LogP contribution in [0, 0.1) is 29.1 Å². The van der Waals surface area contributed by atoms with Crippen molar-refractivity contribution in [1.82, 2.24) is 0 Å². The van der Waals surface area contributed by atoms with Gasteiger partial charge in [0, 0.05) is 12.8 Å². The molecule has 0 aliphatic heterocycles. The van der Waals surface area contributed by atoms with E-state index in [4.69, 9.17) is 4.74 Å². The largest absolute Gasteiger partial charge is 0.458 e. The number of fused-ring (bicyclic) bond motifs is 1. The average molecular weight is 497 g/mol. The van der Waals surface area contributed by atoms with Gasteiger partial charge in [-0.2, -0.15) is 0 Å². The van der Waals surface area contributed by atoms with E-state index in [1.54, 1.807) is 0 Å². The number of carbonyl (C=O) groups excluding carboxylic acids is 1. The van der Waals surface area contributed by atoms with Crippen LogP contribution in [0.2, 0.25) is 0 Å². The highest BCUT2D eigenvalue weighted by molar-refractivity contribution is 5.69. The molecule has 0 radical (unpaired) electrons. The van der Waals surface area contributed by atoms with Crippen LogP contribution >= 0.6 is 0 Å². The molecule has 4 nitrogen and oxygen atoms in total. The Bertz CT molecular complexity index is 894. The summed E-state index contributed by atoms with van der Waals surface area (Å²) >= 11 is 0. The zero-order chi connectivity index (χ0) is 25.9. The zero-order valence-electron chi connectivity index (χ0n) is 22.8. The maximum atomic E-state index is 12.3. The number of esters is 1. The number of hydrogen-bond donors (Lipinski definition) is 2. The highest BCUT2D eigenvalue weighted by Gasteiger charge is 2.50. The molecule has 0 unspecified atom stereocenters. The number of hydrogen-bond acceptors (Lipinski definition) is 4. The second-order valence-electron chi connectivity index (χ2n) is 12.3. The normalized spacial score (nSPS) is 36.9. The topological polar surface area (TPSA) is 66.8 Å². The van der Waals surface area contributed by atoms with Crippen molar-refractivity contribution < 1.29 is 19.7 Å². The van der Waals surface area contributed by atoms with Gasteiger partial charge in [0.2, 0.25) is 0 Å². The molecule has 0 saturated heterocycles. The summed E-state index contributed by atoms with van der Waals surface area (Å²) in [6.07, 6.45) is 19.6. The predicted octanol–water partition coefficient (Wildman–Crippen LogP) is 6.83. The molecule has 36 heavy (non-hydrogen) atoms. The molecule has 7 atom stereocenters. The summed E-state index contributed by atoms with van der Waals surface area (Å²) in [7, 11) is 0. The molecule has 0 amide bonds. The Hall–Kier alpha value is -1.65. The van der Waals surface area contributed by atoms with Crippen molar-refractivity contribution >= 4 is 5.97 Å². The number of aliphatic hydroxyl groups excluding tert-OH is 2. The minimum Gasteiger partial charge on any atom is -0.458 e. The molecule has 4 aliphatic carbocycles. The van der Waals surface area contributed by atoms with Crippen molar-refractivity contribution in [2.75, 3.05) is 0 Å². The summed E-state index contributed by atoms with van der Waals surface area (Å²) < 4.78 is 5.87. The van der Waals surface area contributed by atoms with Gasteiger partial charge in [0.25, 0.3) is 0 Å². The Morgan fingerprint density at radius 3 is 2.69 bits per heavy atom. The third-order valence-electron chi connectivity index (χ3n) is 9.63. The molecular formula is C32H48O4. The molecule has 0 aromatic heterocycles. The molecule has 4 aliphatic rings. The predicted molar refractivity (Wildman–Crippen MR) is 145 cm³/mol. The lowest BCUT2D eigenvalue weighted by molar-refractivity contribution is -0.147. The van der Waals surface area contributed by atoms with Gasteiger partial charge < -0.3 is 14.9 Å². The fourth-order valence-corrected chi connectivity index (χ4v) is 7.28. The number of unbranched alkanes of at least 4 members (excludes halogenated alkanes) is 1. The highest BCUT2D eigenvalue weighted by Crippen LogP contribution is 2.59. The molecule has 0 bridgehead atoms. The molecule has 0 heterocycles. The summed E-state index contributed by atoms with van der Waals surface area (Å²) in [5, 5.41) is 20.3. The minimum absolute atomic E-state index is 0.0455. The van der Waals surface area contributed by atoms with E-state index in [0.717, 1.165) is 43.3 Å². The van der Waals surface area contributed by atoms with Crippen LogP contribution < -0.4 is 0 Å². The van der Waals surface area contributed by atoms with Crippen molar-refractivity contribution in [3.05, 3.63) is 47.6 Å². The van der Waals surface area contributed by atoms with Gasteiger partial charge in [-0.05, 0) is 104 Å². The van der Waals surface area contributed by atoms with Crippen molar-refractivity contribution in [2.24, 2.45) is 29.1 Å². The lowest BCUT2D eigenvalue weighted by Gasteiger charge is -2.44. The van der Waals surface area contributed by atoms with Crippen molar-refractivity contribution in [2.45, 2.75) is 116 Å². The lowest BCUT2D eigenvalue weighted by Crippen LogP contribution is -2.35. The number of aliphatic hydroxyl groups is 2. The molecule has 0 aromatic rings. The standard InChI is InChI=1S/C32H48O4/c1-5-6-9-31(35)36-30(24-12-13-24)17-10-21(2)27-15-16-28-23(8-7-18-32(27,28)4)11-14-25-19-26(33)20-29(34)22(25)3/h10-11,14,17,21,24,26-30,33-34H,3,5-9,12-13,15-16,18-20H2,1-2,4H3/b17-10+,23-11+,25-14-/t21-,26-,27-,28+,29+,30+,32-/m1/s1. The Morgan fingerprint density at radius 2 is 1.97 bits per heavy atom. The van der Waals surface area contributed by atoms with Gasteiger partial charge in [-0.1, -0.05) is 57.6 Å². The molecule has 4 saturated carbocycles. The first-order chi connectivity index (χ1) is 17.2. The van der Waals surface area contributed by atoms with Gasteiger partial charge >= 0.3 is 5.97 Å². The van der Waals surface area contributed by atoms with Crippen LogP contribution in [0.3, 0.4) is 0 Å². The third kappa shape index (κ3) is 6.25. The fourth-order valence-electron chi connectivity index (χ4n) is 7.28. The zero-order valence-corrected chi connectivity index (χ0v) is 22.8. The molecule has 4 rings (SSSR count). The molecule has 4 fully saturated rings. The van der Waals surface area contributed by atoms with E-state index >= 15 is 0 Å². The maximum absolute atomic E-state index is 12.3. The smallest absolute Gasteiger partial charge is 0.306 e. The number of rotatable bonds is 9. The molecule has 200 valence electrons. The van der Waals surface area contributed by atoms with Crippen molar-refractivity contribution in [1.29, 1.82) is 0 Å². The minimum atomic E-state index is -0.635. The van der Waals surface area contributed by atoms with E-state index in [0.29, 0.717) is 42.9 Å². The lowest BCUT2D eigenvalue weighted by atomic mass is 9.61. The van der Waals surface area contributed by atoms with E-state index < -0.39 is 12.2 Å². The van der Waals surface area contributed by atoms with E-state index in [9.17, 15) is 15.0 Å². The Balaban J connectivity index is 1.43. The van der Waals surface area contributed by atoms with Gasteiger partial charge in [-0.25, -0.2) is 0 Å². The Kier molecular flexibility index (Phi) is 8.99. The van der Waals surface area contributed by atoms with Crippen LogP contribution in [-0.4, -0.2) is 34.5 Å². The van der Waals surface area contributed by atoms with Gasteiger partial charge in [0.05, 0.1) is 12.2 Å². The molecule has 0 spiro atoms. The molecular weight excluding hydrogens is 448 g/mol. The summed E-state index contributed by atoms with van der Waals surface area (Å²) in [4.78, 5) is 12.3. The molecule has 0 aromatic carbocycles. The van der Waals surface area contributed by atoms with Crippen LogP contribution in [0.4, 0.5) is 0 Å². The van der Waals surface area contributed by atoms with Crippen LogP contribution in [0.5, 0.6) is 0 Å². The van der Waals surface area contributed by atoms with E-state index in [-0.39, 0.29) is 17.5 Å². The van der Waals surface area contributed by atoms with Crippen molar-refractivity contribution in [3.63, 3.8) is 0 Å². The van der Waals surface area contributed by atoms with Crippen LogP contribution in [0.15, 0.2) is 47.6 Å². The summed E-state index contributed by atoms with van der Waals surface area (Å²) in [6, 6.07) is 0. The Morgan fingerprint density at radius 1 is 1.19 bits per heavy atom. The number of ether oxygens (including phenoxy) is 1. The SMILES string of the molecule is C=C1/C(=C\C=C2/CCC[C@]3(C)[C@@H]([C@H](C)/C=C/[C@H](OC(=O)CCCC)C4CC4)CC[C@@H]23)C[C@@H](O)C[C@@H]1O. The maximum Gasteiger partial charge on any atom is 0.306 e. The highest BCUT2D eigenvalue weighted by atomic mass is 16.5. The van der Waals surface area contributed by atoms with Crippen molar-refractivity contribution in [3.8, 4) is 0 Å². The first kappa shape index (κ1) is 27.4. The van der Waals surface area contributed by atoms with E-state index in [1.807, 2.05) is 0 Å². The van der Waals surface area contributed by atoms with Crippen LogP contribution in [0.25, 0.3) is 0 Å². The molecule has 4 heteroatoms. The van der Waals surface area contributed by atoms with Gasteiger partial charge in [0.15, 0.2) is 0 Å². The second-order valence-corrected chi connectivity index (χ2v) is 12.3. The van der Waals surface area contributed by atoms with Gasteiger partial charge in [-0.15, -0.1) is 0 Å². The average Bonchev–Trinajstić information content (AvgIpc) is 3.62. The number of allylic oxidation sites excluding steroid dienone is 4. The van der Waals surface area contributed by atoms with Crippen LogP contribution in [0.1, 0.15) is 97.8 Å². The van der Waals surface area contributed by atoms with Crippen LogP contribution in [-0.2, 0) is 9.53 Å².